The second-order valence-electron chi connectivity index (χ2n) is 2.97. The second kappa shape index (κ2) is 4.94. The largest absolute Gasteiger partial charge is 0.192 e. The second-order valence-corrected chi connectivity index (χ2v) is 4.48. The summed E-state index contributed by atoms with van der Waals surface area (Å²) in [5.74, 6) is 0. The molecule has 2 heteroatoms. The molecule has 0 aromatic heterocycles. The summed E-state index contributed by atoms with van der Waals surface area (Å²) >= 11 is 1.85. The Kier molecular flexibility index (Phi) is 3.85. The van der Waals surface area contributed by atoms with Gasteiger partial charge in [-0.1, -0.05) is 13.8 Å². The first kappa shape index (κ1) is 10.1. The van der Waals surface area contributed by atoms with Gasteiger partial charge in [-0.15, -0.1) is 11.8 Å². The summed E-state index contributed by atoms with van der Waals surface area (Å²) in [6, 6.07) is 9.86. The minimum Gasteiger partial charge on any atom is -0.192 e. The minimum atomic E-state index is 0.646. The van der Waals surface area contributed by atoms with Gasteiger partial charge in [0.1, 0.15) is 0 Å². The molecular formula is C11H13NS. The molecule has 1 aromatic carbocycles. The van der Waals surface area contributed by atoms with Crippen molar-refractivity contribution in [1.82, 2.24) is 0 Å². The van der Waals surface area contributed by atoms with Gasteiger partial charge in [-0.2, -0.15) is 5.26 Å². The van der Waals surface area contributed by atoms with Crippen LogP contribution in [-0.2, 0) is 0 Å². The van der Waals surface area contributed by atoms with Crippen LogP contribution in [0.3, 0.4) is 0 Å². The van der Waals surface area contributed by atoms with Gasteiger partial charge in [0.2, 0.25) is 0 Å². The van der Waals surface area contributed by atoms with Gasteiger partial charge < -0.3 is 0 Å². The van der Waals surface area contributed by atoms with Crippen LogP contribution in [0, 0.1) is 11.3 Å². The fraction of sp³-hybridized carbons (Fsp3) is 0.364. The quantitative estimate of drug-likeness (QED) is 0.683. The van der Waals surface area contributed by atoms with E-state index < -0.39 is 0 Å². The van der Waals surface area contributed by atoms with Crippen LogP contribution in [0.2, 0.25) is 0 Å². The number of benzene rings is 1. The number of nitriles is 1. The van der Waals surface area contributed by atoms with E-state index in [0.717, 1.165) is 5.56 Å². The lowest BCUT2D eigenvalue weighted by Crippen LogP contribution is -1.91. The Hall–Kier alpha value is -0.940. The van der Waals surface area contributed by atoms with Gasteiger partial charge in [-0.05, 0) is 30.7 Å². The van der Waals surface area contributed by atoms with Crippen LogP contribution in [0.1, 0.15) is 25.8 Å². The molecule has 0 spiro atoms. The van der Waals surface area contributed by atoms with Crippen molar-refractivity contribution in [3.63, 3.8) is 0 Å². The fourth-order valence-electron chi connectivity index (χ4n) is 0.924. The molecule has 13 heavy (non-hydrogen) atoms. The minimum absolute atomic E-state index is 0.646. The van der Waals surface area contributed by atoms with Gasteiger partial charge in [0.15, 0.2) is 0 Å². The van der Waals surface area contributed by atoms with E-state index in [9.17, 15) is 0 Å². The van der Waals surface area contributed by atoms with E-state index >= 15 is 0 Å². The zero-order valence-electron chi connectivity index (χ0n) is 7.95. The fourth-order valence-corrected chi connectivity index (χ4v) is 1.85. The highest BCUT2D eigenvalue weighted by atomic mass is 32.2. The van der Waals surface area contributed by atoms with Crippen molar-refractivity contribution < 1.29 is 0 Å². The highest BCUT2D eigenvalue weighted by Gasteiger charge is 2.00. The lowest BCUT2D eigenvalue weighted by molar-refractivity contribution is 0.905. The molecule has 1 rings (SSSR count). The predicted octanol–water partition coefficient (Wildman–Crippen LogP) is 3.45. The summed E-state index contributed by atoms with van der Waals surface area (Å²) in [5.41, 5.74) is 0.730. The Morgan fingerprint density at radius 3 is 2.46 bits per heavy atom. The van der Waals surface area contributed by atoms with E-state index in [1.54, 1.807) is 0 Å². The number of hydrogen-bond donors (Lipinski definition) is 0. The summed E-state index contributed by atoms with van der Waals surface area (Å²) in [4.78, 5) is 1.24. The van der Waals surface area contributed by atoms with Gasteiger partial charge in [0.05, 0.1) is 11.6 Å². The Morgan fingerprint density at radius 2 is 2.00 bits per heavy atom. The summed E-state index contributed by atoms with van der Waals surface area (Å²) in [6.45, 7) is 4.39. The maximum absolute atomic E-state index is 8.60. The Bertz CT molecular complexity index is 297. The maximum atomic E-state index is 8.60. The van der Waals surface area contributed by atoms with E-state index in [-0.39, 0.29) is 0 Å². The third-order valence-electron chi connectivity index (χ3n) is 1.90. The Morgan fingerprint density at radius 1 is 1.38 bits per heavy atom. The molecule has 1 nitrogen and oxygen atoms in total. The molecule has 1 atom stereocenters. The van der Waals surface area contributed by atoms with Gasteiger partial charge in [0, 0.05) is 10.1 Å². The number of rotatable bonds is 3. The monoisotopic (exact) mass is 191 g/mol. The molecule has 0 N–H and O–H groups in total. The molecular weight excluding hydrogens is 178 g/mol. The van der Waals surface area contributed by atoms with Crippen molar-refractivity contribution in [1.29, 1.82) is 5.26 Å². The summed E-state index contributed by atoms with van der Waals surface area (Å²) in [7, 11) is 0. The number of nitrogens with zero attached hydrogens (tertiary/aromatic N) is 1. The van der Waals surface area contributed by atoms with Crippen LogP contribution >= 0.6 is 11.8 Å². The van der Waals surface area contributed by atoms with Gasteiger partial charge in [-0.25, -0.2) is 0 Å². The summed E-state index contributed by atoms with van der Waals surface area (Å²) in [5, 5.41) is 9.25. The summed E-state index contributed by atoms with van der Waals surface area (Å²) < 4.78 is 0. The van der Waals surface area contributed by atoms with Crippen molar-refractivity contribution in [2.24, 2.45) is 0 Å². The van der Waals surface area contributed by atoms with E-state index in [1.165, 1.54) is 11.3 Å². The van der Waals surface area contributed by atoms with E-state index in [2.05, 4.69) is 19.9 Å². The molecule has 0 aliphatic rings. The Labute approximate surface area is 83.8 Å². The van der Waals surface area contributed by atoms with Crippen molar-refractivity contribution in [2.45, 2.75) is 30.4 Å². The van der Waals surface area contributed by atoms with Crippen LogP contribution in [0.15, 0.2) is 29.2 Å². The number of thioether (sulfide) groups is 1. The molecule has 0 bridgehead atoms. The first-order chi connectivity index (χ1) is 6.26. The molecule has 0 heterocycles. The third-order valence-corrected chi connectivity index (χ3v) is 3.18. The molecule has 1 aromatic rings. The van der Waals surface area contributed by atoms with Crippen molar-refractivity contribution in [3.8, 4) is 6.07 Å². The third kappa shape index (κ3) is 3.12. The first-order valence-electron chi connectivity index (χ1n) is 4.43. The van der Waals surface area contributed by atoms with Crippen LogP contribution in [0.4, 0.5) is 0 Å². The average Bonchev–Trinajstić information content (AvgIpc) is 2.19. The predicted molar refractivity (Wildman–Crippen MR) is 56.8 cm³/mol. The molecule has 0 fully saturated rings. The highest BCUT2D eigenvalue weighted by Crippen LogP contribution is 2.24. The van der Waals surface area contributed by atoms with Gasteiger partial charge >= 0.3 is 0 Å². The molecule has 0 radical (unpaired) electrons. The van der Waals surface area contributed by atoms with Crippen molar-refractivity contribution >= 4 is 11.8 Å². The standard InChI is InChI=1S/C11H13NS/c1-3-9(2)13-11-6-4-10(8-12)5-7-11/h4-7,9H,3H2,1-2H3/t9-/m1/s1. The smallest absolute Gasteiger partial charge is 0.0991 e. The van der Waals surface area contributed by atoms with E-state index in [0.29, 0.717) is 5.25 Å². The molecule has 0 aliphatic carbocycles. The maximum Gasteiger partial charge on any atom is 0.0991 e. The van der Waals surface area contributed by atoms with Gasteiger partial charge in [0.25, 0.3) is 0 Å². The SMILES string of the molecule is CC[C@@H](C)Sc1ccc(C#N)cc1. The lowest BCUT2D eigenvalue weighted by Gasteiger charge is -2.07. The summed E-state index contributed by atoms with van der Waals surface area (Å²) in [6.07, 6.45) is 1.17. The topological polar surface area (TPSA) is 23.8 Å². The normalized spacial score (nSPS) is 12.1. The van der Waals surface area contributed by atoms with E-state index in [1.807, 2.05) is 36.0 Å². The number of hydrogen-bond acceptors (Lipinski definition) is 2. The molecule has 0 saturated heterocycles. The zero-order chi connectivity index (χ0) is 9.68. The van der Waals surface area contributed by atoms with E-state index in [4.69, 9.17) is 5.26 Å². The molecule has 68 valence electrons. The molecule has 0 unspecified atom stereocenters. The molecule has 0 saturated carbocycles. The average molecular weight is 191 g/mol. The van der Waals surface area contributed by atoms with Crippen molar-refractivity contribution in [3.05, 3.63) is 29.8 Å². The van der Waals surface area contributed by atoms with Crippen LogP contribution in [-0.4, -0.2) is 5.25 Å². The van der Waals surface area contributed by atoms with Gasteiger partial charge in [-0.3, -0.25) is 0 Å². The van der Waals surface area contributed by atoms with Crippen LogP contribution in [0.5, 0.6) is 0 Å². The van der Waals surface area contributed by atoms with Crippen LogP contribution < -0.4 is 0 Å². The zero-order valence-corrected chi connectivity index (χ0v) is 8.77. The highest BCUT2D eigenvalue weighted by molar-refractivity contribution is 7.99. The molecule has 0 amide bonds. The van der Waals surface area contributed by atoms with Crippen molar-refractivity contribution in [2.75, 3.05) is 0 Å². The Balaban J connectivity index is 2.65. The molecule has 0 aliphatic heterocycles. The van der Waals surface area contributed by atoms with Crippen LogP contribution in [0.25, 0.3) is 0 Å². The lowest BCUT2D eigenvalue weighted by atomic mass is 10.2. The first-order valence-corrected chi connectivity index (χ1v) is 5.31.